The van der Waals surface area contributed by atoms with Gasteiger partial charge in [0.15, 0.2) is 0 Å². The molecule has 2 atom stereocenters. The summed E-state index contributed by atoms with van der Waals surface area (Å²) in [5, 5.41) is 13.2. The molecule has 2 fully saturated rings. The van der Waals surface area contributed by atoms with E-state index in [4.69, 9.17) is 14.2 Å². The number of nitrogens with one attached hydrogen (secondary N) is 1. The molecule has 0 radical (unpaired) electrons. The van der Waals surface area contributed by atoms with Crippen molar-refractivity contribution in [3.8, 4) is 0 Å². The van der Waals surface area contributed by atoms with Crippen LogP contribution in [0.4, 0.5) is 0 Å². The molecular weight excluding hydrogens is 246 g/mol. The van der Waals surface area contributed by atoms with Gasteiger partial charge in [0, 0.05) is 18.7 Å². The van der Waals surface area contributed by atoms with Crippen LogP contribution in [0.1, 0.15) is 32.1 Å². The van der Waals surface area contributed by atoms with Crippen molar-refractivity contribution in [2.45, 2.75) is 49.8 Å². The van der Waals surface area contributed by atoms with Gasteiger partial charge in [-0.05, 0) is 32.1 Å². The first kappa shape index (κ1) is 15.2. The summed E-state index contributed by atoms with van der Waals surface area (Å²) in [4.78, 5) is 0. The van der Waals surface area contributed by atoms with Crippen molar-refractivity contribution in [2.75, 3.05) is 40.1 Å². The molecule has 0 aromatic rings. The number of methoxy groups -OCH3 is 1. The number of aliphatic hydroxyl groups is 1. The largest absolute Gasteiger partial charge is 0.394 e. The molecule has 2 unspecified atom stereocenters. The summed E-state index contributed by atoms with van der Waals surface area (Å²) in [5.74, 6) is 0. The van der Waals surface area contributed by atoms with E-state index in [2.05, 4.69) is 5.32 Å². The van der Waals surface area contributed by atoms with Crippen LogP contribution in [0.5, 0.6) is 0 Å². The van der Waals surface area contributed by atoms with E-state index < -0.39 is 0 Å². The first-order valence-corrected chi connectivity index (χ1v) is 7.35. The lowest BCUT2D eigenvalue weighted by Gasteiger charge is -2.28. The molecule has 2 saturated carbocycles. The monoisotopic (exact) mass is 273 g/mol. The molecule has 2 aliphatic rings. The topological polar surface area (TPSA) is 60.0 Å². The predicted octanol–water partition coefficient (Wildman–Crippen LogP) is 0.702. The van der Waals surface area contributed by atoms with Gasteiger partial charge >= 0.3 is 0 Å². The maximum absolute atomic E-state index is 9.62. The Labute approximate surface area is 115 Å². The Kier molecular flexibility index (Phi) is 6.04. The molecule has 0 amide bonds. The van der Waals surface area contributed by atoms with E-state index in [-0.39, 0.29) is 18.2 Å². The van der Waals surface area contributed by atoms with Gasteiger partial charge in [0.1, 0.15) is 0 Å². The second kappa shape index (κ2) is 7.55. The summed E-state index contributed by atoms with van der Waals surface area (Å²) in [6.45, 7) is 2.70. The van der Waals surface area contributed by atoms with Gasteiger partial charge in [0.2, 0.25) is 0 Å². The predicted molar refractivity (Wildman–Crippen MR) is 72.3 cm³/mol. The number of hydrogen-bond acceptors (Lipinski definition) is 5. The molecule has 0 bridgehead atoms. The Morgan fingerprint density at radius 1 is 1.16 bits per heavy atom. The third-order valence-electron chi connectivity index (χ3n) is 3.97. The van der Waals surface area contributed by atoms with Gasteiger partial charge < -0.3 is 24.6 Å². The van der Waals surface area contributed by atoms with Gasteiger partial charge in [-0.25, -0.2) is 0 Å². The van der Waals surface area contributed by atoms with Crippen LogP contribution in [0, 0.1) is 0 Å². The Balaban J connectivity index is 1.58. The van der Waals surface area contributed by atoms with Gasteiger partial charge in [-0.1, -0.05) is 0 Å². The minimum atomic E-state index is -0.0945. The van der Waals surface area contributed by atoms with Crippen LogP contribution < -0.4 is 5.32 Å². The highest BCUT2D eigenvalue weighted by atomic mass is 16.5. The summed E-state index contributed by atoms with van der Waals surface area (Å²) < 4.78 is 16.1. The van der Waals surface area contributed by atoms with Gasteiger partial charge in [-0.15, -0.1) is 0 Å². The lowest BCUT2D eigenvalue weighted by atomic mass is 9.98. The molecule has 19 heavy (non-hydrogen) atoms. The van der Waals surface area contributed by atoms with E-state index in [0.717, 1.165) is 19.3 Å². The fraction of sp³-hybridized carbons (Fsp3) is 1.00. The Morgan fingerprint density at radius 2 is 1.95 bits per heavy atom. The molecule has 0 saturated heterocycles. The molecule has 112 valence electrons. The minimum Gasteiger partial charge on any atom is -0.394 e. The highest BCUT2D eigenvalue weighted by Crippen LogP contribution is 2.35. The molecule has 5 nitrogen and oxygen atoms in total. The van der Waals surface area contributed by atoms with Crippen molar-refractivity contribution in [3.63, 3.8) is 0 Å². The zero-order valence-electron chi connectivity index (χ0n) is 11.9. The molecule has 0 spiro atoms. The molecule has 5 heteroatoms. The molecule has 2 rings (SSSR count). The SMILES string of the molecule is COCCOCCOC1CCC(CO)(NC2CC2)C1. The van der Waals surface area contributed by atoms with Crippen LogP contribution in [0.25, 0.3) is 0 Å². The van der Waals surface area contributed by atoms with Gasteiger partial charge in [0.05, 0.1) is 39.1 Å². The molecule has 0 aromatic heterocycles. The van der Waals surface area contributed by atoms with Crippen molar-refractivity contribution in [3.05, 3.63) is 0 Å². The van der Waals surface area contributed by atoms with Crippen LogP contribution in [-0.2, 0) is 14.2 Å². The summed E-state index contributed by atoms with van der Waals surface area (Å²) in [6, 6.07) is 0.628. The average Bonchev–Trinajstić information content (AvgIpc) is 3.13. The van der Waals surface area contributed by atoms with Crippen LogP contribution in [-0.4, -0.2) is 62.9 Å². The van der Waals surface area contributed by atoms with Gasteiger partial charge in [-0.2, -0.15) is 0 Å². The lowest BCUT2D eigenvalue weighted by Crippen LogP contribution is -2.48. The Bertz CT molecular complexity index is 260. The van der Waals surface area contributed by atoms with E-state index in [0.29, 0.717) is 32.5 Å². The maximum atomic E-state index is 9.62. The summed E-state index contributed by atoms with van der Waals surface area (Å²) in [6.07, 6.45) is 5.71. The third-order valence-corrected chi connectivity index (χ3v) is 3.97. The van der Waals surface area contributed by atoms with Crippen molar-refractivity contribution < 1.29 is 19.3 Å². The van der Waals surface area contributed by atoms with Crippen molar-refractivity contribution >= 4 is 0 Å². The fourth-order valence-corrected chi connectivity index (χ4v) is 2.72. The van der Waals surface area contributed by atoms with Crippen molar-refractivity contribution in [1.82, 2.24) is 5.32 Å². The van der Waals surface area contributed by atoms with Crippen LogP contribution in [0.15, 0.2) is 0 Å². The second-order valence-electron chi connectivity index (χ2n) is 5.70. The standard InChI is InChI=1S/C14H27NO4/c1-17-6-7-18-8-9-19-13-4-5-14(10-13,11-16)15-12-2-3-12/h12-13,15-16H,2-11H2,1H3. The van der Waals surface area contributed by atoms with Gasteiger partial charge in [0.25, 0.3) is 0 Å². The number of rotatable bonds is 10. The molecule has 0 aromatic carbocycles. The van der Waals surface area contributed by atoms with E-state index in [9.17, 15) is 5.11 Å². The summed E-state index contributed by atoms with van der Waals surface area (Å²) in [5.41, 5.74) is -0.0945. The zero-order valence-corrected chi connectivity index (χ0v) is 11.9. The number of hydrogen-bond donors (Lipinski definition) is 2. The summed E-state index contributed by atoms with van der Waals surface area (Å²) >= 11 is 0. The summed E-state index contributed by atoms with van der Waals surface area (Å²) in [7, 11) is 1.67. The average molecular weight is 273 g/mol. The van der Waals surface area contributed by atoms with E-state index >= 15 is 0 Å². The smallest absolute Gasteiger partial charge is 0.0704 e. The van der Waals surface area contributed by atoms with E-state index in [1.54, 1.807) is 7.11 Å². The highest BCUT2D eigenvalue weighted by molar-refractivity contribution is 5.01. The van der Waals surface area contributed by atoms with Gasteiger partial charge in [-0.3, -0.25) is 0 Å². The second-order valence-corrected chi connectivity index (χ2v) is 5.70. The number of aliphatic hydroxyl groups excluding tert-OH is 1. The first-order chi connectivity index (χ1) is 9.28. The first-order valence-electron chi connectivity index (χ1n) is 7.35. The Hall–Kier alpha value is -0.200. The molecule has 2 aliphatic carbocycles. The quantitative estimate of drug-likeness (QED) is 0.574. The molecule has 0 aliphatic heterocycles. The minimum absolute atomic E-state index is 0.0945. The molecule has 0 heterocycles. The van der Waals surface area contributed by atoms with Crippen LogP contribution in [0.3, 0.4) is 0 Å². The van der Waals surface area contributed by atoms with E-state index in [1.165, 1.54) is 12.8 Å². The number of ether oxygens (including phenoxy) is 3. The lowest BCUT2D eigenvalue weighted by molar-refractivity contribution is -0.00779. The molecular formula is C14H27NO4. The zero-order chi connectivity index (χ0) is 13.6. The van der Waals surface area contributed by atoms with Crippen molar-refractivity contribution in [2.24, 2.45) is 0 Å². The van der Waals surface area contributed by atoms with Crippen LogP contribution in [0.2, 0.25) is 0 Å². The maximum Gasteiger partial charge on any atom is 0.0704 e. The molecule has 2 N–H and O–H groups in total. The van der Waals surface area contributed by atoms with Crippen LogP contribution >= 0.6 is 0 Å². The van der Waals surface area contributed by atoms with Crippen molar-refractivity contribution in [1.29, 1.82) is 0 Å². The third kappa shape index (κ3) is 5.00. The Morgan fingerprint density at radius 3 is 2.63 bits per heavy atom. The van der Waals surface area contributed by atoms with E-state index in [1.807, 2.05) is 0 Å². The highest BCUT2D eigenvalue weighted by Gasteiger charge is 2.42. The fourth-order valence-electron chi connectivity index (χ4n) is 2.72. The normalized spacial score (nSPS) is 30.9.